The minimum Gasteiger partial charge on any atom is -0.468 e. The van der Waals surface area contributed by atoms with Gasteiger partial charge in [0.25, 0.3) is 0 Å². The van der Waals surface area contributed by atoms with Gasteiger partial charge in [-0.25, -0.2) is 4.68 Å². The standard InChI is InChI=1S/C25H31N3O/c1-17-24(19-8-11-21(15-19)26-16-23-7-6-14-29-23)18(2)28(27-17)22-12-9-20(10-13-22)25(3,4)5/h6-14,19,21,26H,15-16H2,1-5H3. The molecule has 0 bridgehead atoms. The Morgan fingerprint density at radius 1 is 1.10 bits per heavy atom. The minimum absolute atomic E-state index is 0.158. The van der Waals surface area contributed by atoms with E-state index in [1.807, 2.05) is 12.1 Å². The highest BCUT2D eigenvalue weighted by Crippen LogP contribution is 2.34. The van der Waals surface area contributed by atoms with E-state index in [0.717, 1.165) is 30.1 Å². The summed E-state index contributed by atoms with van der Waals surface area (Å²) in [5, 5.41) is 8.45. The number of benzene rings is 1. The lowest BCUT2D eigenvalue weighted by Crippen LogP contribution is -2.25. The molecule has 3 aromatic rings. The highest BCUT2D eigenvalue weighted by Gasteiger charge is 2.26. The number of furan rings is 1. The monoisotopic (exact) mass is 389 g/mol. The molecule has 1 aromatic carbocycles. The molecule has 0 amide bonds. The molecule has 152 valence electrons. The second-order valence-corrected chi connectivity index (χ2v) is 9.09. The Labute approximate surface area is 173 Å². The molecule has 1 aliphatic carbocycles. The van der Waals surface area contributed by atoms with Crippen molar-refractivity contribution in [2.24, 2.45) is 0 Å². The van der Waals surface area contributed by atoms with E-state index in [9.17, 15) is 0 Å². The molecule has 0 saturated carbocycles. The first-order valence-electron chi connectivity index (χ1n) is 10.4. The third kappa shape index (κ3) is 4.08. The SMILES string of the molecule is Cc1nn(-c2ccc(C(C)(C)C)cc2)c(C)c1C1C=CC(NCc2ccco2)C1. The molecule has 2 aromatic heterocycles. The van der Waals surface area contributed by atoms with Crippen LogP contribution in [-0.2, 0) is 12.0 Å². The molecule has 1 N–H and O–H groups in total. The van der Waals surface area contributed by atoms with Crippen LogP contribution in [0.5, 0.6) is 0 Å². The molecule has 2 atom stereocenters. The molecule has 0 fully saturated rings. The lowest BCUT2D eigenvalue weighted by Gasteiger charge is -2.19. The van der Waals surface area contributed by atoms with Gasteiger partial charge in [0.2, 0.25) is 0 Å². The quantitative estimate of drug-likeness (QED) is 0.579. The van der Waals surface area contributed by atoms with Crippen LogP contribution in [0.4, 0.5) is 0 Å². The zero-order valence-electron chi connectivity index (χ0n) is 18.1. The Kier molecular flexibility index (Phi) is 5.22. The highest BCUT2D eigenvalue weighted by molar-refractivity contribution is 5.43. The van der Waals surface area contributed by atoms with Gasteiger partial charge < -0.3 is 9.73 Å². The molecule has 29 heavy (non-hydrogen) atoms. The molecule has 2 heterocycles. The minimum atomic E-state index is 0.158. The predicted octanol–water partition coefficient (Wildman–Crippen LogP) is 5.58. The number of rotatable bonds is 5. The molecule has 4 nitrogen and oxygen atoms in total. The summed E-state index contributed by atoms with van der Waals surface area (Å²) < 4.78 is 7.52. The van der Waals surface area contributed by atoms with Gasteiger partial charge in [0.1, 0.15) is 5.76 Å². The maximum Gasteiger partial charge on any atom is 0.117 e. The first-order chi connectivity index (χ1) is 13.8. The van der Waals surface area contributed by atoms with Crippen LogP contribution in [0.15, 0.2) is 59.2 Å². The maximum absolute atomic E-state index is 5.42. The topological polar surface area (TPSA) is 43.0 Å². The van der Waals surface area contributed by atoms with Crippen molar-refractivity contribution in [1.29, 1.82) is 0 Å². The Bertz CT molecular complexity index is 988. The highest BCUT2D eigenvalue weighted by atomic mass is 16.3. The van der Waals surface area contributed by atoms with Gasteiger partial charge in [0.05, 0.1) is 24.2 Å². The Morgan fingerprint density at radius 2 is 1.86 bits per heavy atom. The third-order valence-corrected chi connectivity index (χ3v) is 5.90. The van der Waals surface area contributed by atoms with Crippen LogP contribution in [0.3, 0.4) is 0 Å². The fourth-order valence-electron chi connectivity index (χ4n) is 4.25. The van der Waals surface area contributed by atoms with Crippen molar-refractivity contribution < 1.29 is 4.42 Å². The average molecular weight is 390 g/mol. The number of nitrogens with one attached hydrogen (secondary N) is 1. The van der Waals surface area contributed by atoms with Gasteiger partial charge in [0.15, 0.2) is 0 Å². The summed E-state index contributed by atoms with van der Waals surface area (Å²) in [6.45, 7) is 11.8. The van der Waals surface area contributed by atoms with E-state index in [0.29, 0.717) is 12.0 Å². The maximum atomic E-state index is 5.42. The van der Waals surface area contributed by atoms with Crippen molar-refractivity contribution in [1.82, 2.24) is 15.1 Å². The van der Waals surface area contributed by atoms with Gasteiger partial charge in [-0.05, 0) is 55.5 Å². The van der Waals surface area contributed by atoms with Gasteiger partial charge in [0, 0.05) is 23.2 Å². The van der Waals surface area contributed by atoms with Crippen molar-refractivity contribution >= 4 is 0 Å². The number of aromatic nitrogens is 2. The summed E-state index contributed by atoms with van der Waals surface area (Å²) in [4.78, 5) is 0. The lowest BCUT2D eigenvalue weighted by atomic mass is 9.87. The first kappa shape index (κ1) is 19.7. The molecule has 4 rings (SSSR count). The van der Waals surface area contributed by atoms with Crippen LogP contribution in [0.2, 0.25) is 0 Å². The van der Waals surface area contributed by atoms with E-state index < -0.39 is 0 Å². The predicted molar refractivity (Wildman–Crippen MR) is 118 cm³/mol. The zero-order chi connectivity index (χ0) is 20.6. The molecule has 0 spiro atoms. The van der Waals surface area contributed by atoms with E-state index >= 15 is 0 Å². The number of allylic oxidation sites excluding steroid dienone is 1. The number of nitrogens with zero attached hydrogens (tertiary/aromatic N) is 2. The van der Waals surface area contributed by atoms with Crippen LogP contribution in [-0.4, -0.2) is 15.8 Å². The summed E-state index contributed by atoms with van der Waals surface area (Å²) in [5.74, 6) is 1.37. The first-order valence-corrected chi connectivity index (χ1v) is 10.4. The zero-order valence-corrected chi connectivity index (χ0v) is 18.1. The summed E-state index contributed by atoms with van der Waals surface area (Å²) in [6, 6.07) is 13.1. The van der Waals surface area contributed by atoms with E-state index in [2.05, 4.69) is 81.0 Å². The molecular weight excluding hydrogens is 358 g/mol. The van der Waals surface area contributed by atoms with Crippen molar-refractivity contribution in [3.8, 4) is 5.69 Å². The van der Waals surface area contributed by atoms with Crippen molar-refractivity contribution in [3.05, 3.63) is 83.1 Å². The second-order valence-electron chi connectivity index (χ2n) is 9.09. The number of hydrogen-bond acceptors (Lipinski definition) is 3. The van der Waals surface area contributed by atoms with E-state index in [1.54, 1.807) is 6.26 Å². The Morgan fingerprint density at radius 3 is 2.52 bits per heavy atom. The Balaban J connectivity index is 1.50. The summed E-state index contributed by atoms with van der Waals surface area (Å²) in [7, 11) is 0. The molecule has 0 aliphatic heterocycles. The fraction of sp³-hybridized carbons (Fsp3) is 0.400. The van der Waals surface area contributed by atoms with Gasteiger partial charge in [-0.1, -0.05) is 45.1 Å². The van der Waals surface area contributed by atoms with Crippen LogP contribution >= 0.6 is 0 Å². The van der Waals surface area contributed by atoms with Crippen LogP contribution < -0.4 is 5.32 Å². The van der Waals surface area contributed by atoms with Crippen molar-refractivity contribution in [3.63, 3.8) is 0 Å². The van der Waals surface area contributed by atoms with Crippen LogP contribution in [0.25, 0.3) is 5.69 Å². The summed E-state index contributed by atoms with van der Waals surface area (Å²) in [5.41, 5.74) is 6.32. The lowest BCUT2D eigenvalue weighted by molar-refractivity contribution is 0.461. The van der Waals surface area contributed by atoms with E-state index in [1.165, 1.54) is 16.8 Å². The van der Waals surface area contributed by atoms with Crippen LogP contribution in [0.1, 0.15) is 61.4 Å². The molecule has 2 unspecified atom stereocenters. The molecule has 1 aliphatic rings. The van der Waals surface area contributed by atoms with Crippen molar-refractivity contribution in [2.45, 2.75) is 65.0 Å². The fourth-order valence-corrected chi connectivity index (χ4v) is 4.25. The normalized spacial score (nSPS) is 19.2. The smallest absolute Gasteiger partial charge is 0.117 e. The number of aryl methyl sites for hydroxylation is 1. The summed E-state index contributed by atoms with van der Waals surface area (Å²) >= 11 is 0. The van der Waals surface area contributed by atoms with Gasteiger partial charge in [-0.15, -0.1) is 0 Å². The largest absolute Gasteiger partial charge is 0.468 e. The van der Waals surface area contributed by atoms with E-state index in [-0.39, 0.29) is 5.41 Å². The third-order valence-electron chi connectivity index (χ3n) is 5.90. The summed E-state index contributed by atoms with van der Waals surface area (Å²) in [6.07, 6.45) is 7.38. The number of hydrogen-bond donors (Lipinski definition) is 1. The molecule has 4 heteroatoms. The molecule has 0 saturated heterocycles. The van der Waals surface area contributed by atoms with Gasteiger partial charge in [-0.3, -0.25) is 0 Å². The van der Waals surface area contributed by atoms with Crippen LogP contribution in [0, 0.1) is 13.8 Å². The molecule has 0 radical (unpaired) electrons. The second kappa shape index (κ2) is 7.68. The van der Waals surface area contributed by atoms with E-state index in [4.69, 9.17) is 9.52 Å². The molecular formula is C25H31N3O. The van der Waals surface area contributed by atoms with Crippen molar-refractivity contribution in [2.75, 3.05) is 0 Å². The van der Waals surface area contributed by atoms with Gasteiger partial charge >= 0.3 is 0 Å². The van der Waals surface area contributed by atoms with Gasteiger partial charge in [-0.2, -0.15) is 5.10 Å². The average Bonchev–Trinajstić information content (AvgIpc) is 3.40. The Hall–Kier alpha value is -2.59.